The van der Waals surface area contributed by atoms with Crippen LogP contribution in [0.15, 0.2) is 22.7 Å². The highest BCUT2D eigenvalue weighted by atomic mass is 79.9. The van der Waals surface area contributed by atoms with E-state index in [2.05, 4.69) is 15.9 Å². The van der Waals surface area contributed by atoms with Crippen molar-refractivity contribution in [2.45, 2.75) is 24.4 Å². The zero-order chi connectivity index (χ0) is 11.1. The van der Waals surface area contributed by atoms with Gasteiger partial charge in [0, 0.05) is 17.5 Å². The Bertz CT molecular complexity index is 375. The number of para-hydroxylation sites is 1. The minimum absolute atomic E-state index is 0.243. The smallest absolute Gasteiger partial charge is 0.133 e. The molecule has 4 N–H and O–H groups in total. The Morgan fingerprint density at radius 1 is 1.47 bits per heavy atom. The highest BCUT2D eigenvalue weighted by molar-refractivity contribution is 9.10. The molecule has 3 nitrogen and oxygen atoms in total. The fourth-order valence-electron chi connectivity index (χ4n) is 2.28. The average molecular weight is 272 g/mol. The lowest BCUT2D eigenvalue weighted by Crippen LogP contribution is -2.49. The van der Waals surface area contributed by atoms with Crippen molar-refractivity contribution < 1.29 is 10.2 Å². The summed E-state index contributed by atoms with van der Waals surface area (Å²) in [5, 5.41) is 19.3. The number of hydrogen-bond acceptors (Lipinski definition) is 3. The third-order valence-corrected chi connectivity index (χ3v) is 3.84. The molecule has 1 aromatic rings. The molecule has 1 aliphatic carbocycles. The van der Waals surface area contributed by atoms with E-state index in [0.29, 0.717) is 23.9 Å². The summed E-state index contributed by atoms with van der Waals surface area (Å²) in [5.41, 5.74) is 6.34. The highest BCUT2D eigenvalue weighted by Gasteiger charge is 2.45. The van der Waals surface area contributed by atoms with Gasteiger partial charge in [-0.1, -0.05) is 12.1 Å². The van der Waals surface area contributed by atoms with Crippen LogP contribution in [0.4, 0.5) is 0 Å². The van der Waals surface area contributed by atoms with Crippen LogP contribution in [0, 0.1) is 0 Å². The molecule has 1 aliphatic rings. The number of nitrogens with two attached hydrogens (primary N) is 1. The van der Waals surface area contributed by atoms with Crippen molar-refractivity contribution in [2.75, 3.05) is 6.54 Å². The number of aromatic hydroxyl groups is 1. The molecule has 0 radical (unpaired) electrons. The predicted molar refractivity (Wildman–Crippen MR) is 61.8 cm³/mol. The summed E-state index contributed by atoms with van der Waals surface area (Å²) in [5.74, 6) is 0.245. The molecule has 0 atom stereocenters. The van der Waals surface area contributed by atoms with E-state index >= 15 is 0 Å². The summed E-state index contributed by atoms with van der Waals surface area (Å²) in [7, 11) is 0. The number of aliphatic hydroxyl groups is 1. The van der Waals surface area contributed by atoms with E-state index in [9.17, 15) is 10.2 Å². The Morgan fingerprint density at radius 2 is 2.13 bits per heavy atom. The molecule has 15 heavy (non-hydrogen) atoms. The summed E-state index contributed by atoms with van der Waals surface area (Å²) < 4.78 is 0.675. The van der Waals surface area contributed by atoms with E-state index in [1.165, 1.54) is 0 Å². The fourth-order valence-corrected chi connectivity index (χ4v) is 2.65. The molecule has 0 unspecified atom stereocenters. The topological polar surface area (TPSA) is 66.5 Å². The maximum atomic E-state index is 9.93. The van der Waals surface area contributed by atoms with Crippen molar-refractivity contribution in [2.24, 2.45) is 5.73 Å². The monoisotopic (exact) mass is 271 g/mol. The second-order valence-corrected chi connectivity index (χ2v) is 5.04. The summed E-state index contributed by atoms with van der Waals surface area (Å²) >= 11 is 3.28. The highest BCUT2D eigenvalue weighted by Crippen LogP contribution is 2.47. The van der Waals surface area contributed by atoms with Gasteiger partial charge in [-0.2, -0.15) is 0 Å². The molecular formula is C11H14BrNO2. The van der Waals surface area contributed by atoms with Crippen molar-refractivity contribution in [3.05, 3.63) is 28.2 Å². The fraction of sp³-hybridized carbons (Fsp3) is 0.455. The number of rotatable bonds is 2. The van der Waals surface area contributed by atoms with Crippen molar-refractivity contribution in [1.29, 1.82) is 0 Å². The lowest BCUT2D eigenvalue weighted by Gasteiger charge is -2.45. The molecule has 0 bridgehead atoms. The van der Waals surface area contributed by atoms with Gasteiger partial charge >= 0.3 is 0 Å². The number of phenols is 1. The average Bonchev–Trinajstić information content (AvgIpc) is 2.17. The second-order valence-electron chi connectivity index (χ2n) is 4.18. The molecule has 0 amide bonds. The largest absolute Gasteiger partial charge is 0.506 e. The molecule has 0 heterocycles. The predicted octanol–water partition coefficient (Wildman–Crippen LogP) is 1.51. The van der Waals surface area contributed by atoms with Crippen molar-refractivity contribution in [3.8, 4) is 5.75 Å². The van der Waals surface area contributed by atoms with E-state index in [1.807, 2.05) is 12.1 Å². The standard InChI is InChI=1S/C11H14BrNO2/c12-9-3-1-2-8(10(9)15)11(6-13)4-7(14)5-11/h1-3,7,14-15H,4-6,13H2. The number of phenolic OH excluding ortho intramolecular Hbond substituents is 1. The van der Waals surface area contributed by atoms with Gasteiger partial charge in [-0.25, -0.2) is 0 Å². The van der Waals surface area contributed by atoms with Gasteiger partial charge < -0.3 is 15.9 Å². The van der Waals surface area contributed by atoms with Gasteiger partial charge in [0.25, 0.3) is 0 Å². The first-order chi connectivity index (χ1) is 7.09. The minimum Gasteiger partial charge on any atom is -0.506 e. The number of benzene rings is 1. The Balaban J connectivity index is 2.40. The van der Waals surface area contributed by atoms with Crippen LogP contribution in [-0.2, 0) is 5.41 Å². The van der Waals surface area contributed by atoms with Crippen LogP contribution in [0.5, 0.6) is 5.75 Å². The van der Waals surface area contributed by atoms with Gasteiger partial charge in [-0.3, -0.25) is 0 Å². The van der Waals surface area contributed by atoms with Gasteiger partial charge in [0.1, 0.15) is 5.75 Å². The first-order valence-corrected chi connectivity index (χ1v) is 5.74. The molecule has 2 rings (SSSR count). The van der Waals surface area contributed by atoms with Gasteiger partial charge in [0.15, 0.2) is 0 Å². The van der Waals surface area contributed by atoms with Crippen LogP contribution in [0.3, 0.4) is 0 Å². The summed E-state index contributed by atoms with van der Waals surface area (Å²) in [6.07, 6.45) is 0.980. The summed E-state index contributed by atoms with van der Waals surface area (Å²) in [6, 6.07) is 5.54. The van der Waals surface area contributed by atoms with E-state index in [4.69, 9.17) is 5.73 Å². The van der Waals surface area contributed by atoms with E-state index in [0.717, 1.165) is 5.56 Å². The number of aliphatic hydroxyl groups excluding tert-OH is 1. The molecule has 1 saturated carbocycles. The molecule has 4 heteroatoms. The van der Waals surface area contributed by atoms with Crippen LogP contribution < -0.4 is 5.73 Å². The van der Waals surface area contributed by atoms with Crippen LogP contribution in [0.1, 0.15) is 18.4 Å². The Hall–Kier alpha value is -0.580. The number of hydrogen-bond donors (Lipinski definition) is 3. The van der Waals surface area contributed by atoms with Crippen LogP contribution in [0.25, 0.3) is 0 Å². The molecule has 1 aromatic carbocycles. The third-order valence-electron chi connectivity index (χ3n) is 3.20. The van der Waals surface area contributed by atoms with Gasteiger partial charge in [0.2, 0.25) is 0 Å². The van der Waals surface area contributed by atoms with Crippen molar-refractivity contribution in [1.82, 2.24) is 0 Å². The van der Waals surface area contributed by atoms with Gasteiger partial charge in [-0.05, 0) is 34.8 Å². The van der Waals surface area contributed by atoms with E-state index in [-0.39, 0.29) is 17.3 Å². The van der Waals surface area contributed by atoms with Crippen LogP contribution >= 0.6 is 15.9 Å². The maximum absolute atomic E-state index is 9.93. The zero-order valence-electron chi connectivity index (χ0n) is 8.28. The van der Waals surface area contributed by atoms with E-state index in [1.54, 1.807) is 6.07 Å². The van der Waals surface area contributed by atoms with Gasteiger partial charge in [0.05, 0.1) is 10.6 Å². The van der Waals surface area contributed by atoms with E-state index < -0.39 is 0 Å². The van der Waals surface area contributed by atoms with Gasteiger partial charge in [-0.15, -0.1) is 0 Å². The molecule has 0 spiro atoms. The molecule has 82 valence electrons. The lowest BCUT2D eigenvalue weighted by molar-refractivity contribution is 0.0211. The zero-order valence-corrected chi connectivity index (χ0v) is 9.87. The molecule has 0 aromatic heterocycles. The minimum atomic E-state index is -0.285. The summed E-state index contributed by atoms with van der Waals surface area (Å²) in [6.45, 7) is 0.452. The molecular weight excluding hydrogens is 258 g/mol. The molecule has 1 fully saturated rings. The van der Waals surface area contributed by atoms with Crippen LogP contribution in [0.2, 0.25) is 0 Å². The first kappa shape index (κ1) is 10.9. The third kappa shape index (κ3) is 1.67. The van der Waals surface area contributed by atoms with Crippen LogP contribution in [-0.4, -0.2) is 22.9 Å². The number of halogens is 1. The second kappa shape index (κ2) is 3.77. The quantitative estimate of drug-likeness (QED) is 0.764. The van der Waals surface area contributed by atoms with Crippen molar-refractivity contribution >= 4 is 15.9 Å². The molecule has 0 aliphatic heterocycles. The summed E-state index contributed by atoms with van der Waals surface area (Å²) in [4.78, 5) is 0. The Labute approximate surface area is 97.0 Å². The lowest BCUT2D eigenvalue weighted by atomic mass is 9.62. The molecule has 0 saturated heterocycles. The SMILES string of the molecule is NCC1(c2cccc(Br)c2O)CC(O)C1. The first-order valence-electron chi connectivity index (χ1n) is 4.95. The maximum Gasteiger partial charge on any atom is 0.133 e. The normalized spacial score (nSPS) is 29.9. The Morgan fingerprint density at radius 3 is 2.67 bits per heavy atom. The van der Waals surface area contributed by atoms with Crippen molar-refractivity contribution in [3.63, 3.8) is 0 Å². The Kier molecular flexibility index (Phi) is 2.75.